The molecule has 9 aromatic rings. The van der Waals surface area contributed by atoms with Crippen LogP contribution in [0.3, 0.4) is 0 Å². The maximum atomic E-state index is 6.48. The molecular formula is C46H31NO. The van der Waals surface area contributed by atoms with E-state index in [4.69, 9.17) is 4.42 Å². The van der Waals surface area contributed by atoms with Gasteiger partial charge in [-0.2, -0.15) is 0 Å². The highest BCUT2D eigenvalue weighted by molar-refractivity contribution is 6.14. The Labute approximate surface area is 279 Å². The lowest BCUT2D eigenvalue weighted by molar-refractivity contribution is 0.669. The van der Waals surface area contributed by atoms with Crippen LogP contribution < -0.4 is 4.90 Å². The molecule has 0 atom stereocenters. The number of para-hydroxylation sites is 1. The predicted octanol–water partition coefficient (Wildman–Crippen LogP) is 13.2. The van der Waals surface area contributed by atoms with Gasteiger partial charge in [-0.05, 0) is 98.8 Å². The summed E-state index contributed by atoms with van der Waals surface area (Å²) in [5.41, 5.74) is 12.2. The first kappa shape index (κ1) is 27.9. The van der Waals surface area contributed by atoms with E-state index >= 15 is 0 Å². The van der Waals surface area contributed by atoms with E-state index in [1.165, 1.54) is 38.6 Å². The fourth-order valence-corrected chi connectivity index (χ4v) is 6.96. The lowest BCUT2D eigenvalue weighted by Gasteiger charge is -2.25. The van der Waals surface area contributed by atoms with Crippen molar-refractivity contribution < 1.29 is 4.42 Å². The molecule has 0 bridgehead atoms. The van der Waals surface area contributed by atoms with Crippen LogP contribution >= 0.6 is 0 Å². The van der Waals surface area contributed by atoms with Crippen LogP contribution in [0.25, 0.3) is 66.1 Å². The van der Waals surface area contributed by atoms with Crippen molar-refractivity contribution in [3.05, 3.63) is 188 Å². The van der Waals surface area contributed by atoms with Gasteiger partial charge >= 0.3 is 0 Å². The molecule has 226 valence electrons. The summed E-state index contributed by atoms with van der Waals surface area (Å²) >= 11 is 0. The third-order valence-corrected chi connectivity index (χ3v) is 9.26. The zero-order chi connectivity index (χ0) is 31.9. The second kappa shape index (κ2) is 11.8. The number of fused-ring (bicyclic) bond motifs is 4. The van der Waals surface area contributed by atoms with Crippen LogP contribution in [0.2, 0.25) is 0 Å². The van der Waals surface area contributed by atoms with Crippen LogP contribution in [-0.4, -0.2) is 0 Å². The van der Waals surface area contributed by atoms with Crippen molar-refractivity contribution in [1.29, 1.82) is 0 Å². The van der Waals surface area contributed by atoms with E-state index in [1.54, 1.807) is 0 Å². The minimum atomic E-state index is 0.873. The largest absolute Gasteiger partial charge is 0.456 e. The van der Waals surface area contributed by atoms with Gasteiger partial charge in [-0.1, -0.05) is 133 Å². The highest BCUT2D eigenvalue weighted by Crippen LogP contribution is 2.43. The van der Waals surface area contributed by atoms with E-state index in [0.29, 0.717) is 0 Å². The van der Waals surface area contributed by atoms with Crippen molar-refractivity contribution in [2.45, 2.75) is 0 Å². The second-order valence-electron chi connectivity index (χ2n) is 12.2. The summed E-state index contributed by atoms with van der Waals surface area (Å²) in [4.78, 5) is 2.32. The van der Waals surface area contributed by atoms with Gasteiger partial charge in [0.15, 0.2) is 0 Å². The molecule has 2 nitrogen and oxygen atoms in total. The first-order valence-electron chi connectivity index (χ1n) is 16.3. The van der Waals surface area contributed by atoms with Gasteiger partial charge < -0.3 is 9.32 Å². The van der Waals surface area contributed by atoms with Gasteiger partial charge in [0.1, 0.15) is 11.2 Å². The topological polar surface area (TPSA) is 16.4 Å². The van der Waals surface area contributed by atoms with Crippen molar-refractivity contribution in [3.63, 3.8) is 0 Å². The van der Waals surface area contributed by atoms with Crippen molar-refractivity contribution in [2.75, 3.05) is 4.90 Å². The molecule has 0 N–H and O–H groups in total. The Bertz CT molecular complexity index is 2550. The molecule has 0 aliphatic heterocycles. The first-order chi connectivity index (χ1) is 23.8. The van der Waals surface area contributed by atoms with E-state index in [1.807, 2.05) is 0 Å². The molecule has 1 heterocycles. The fraction of sp³-hybridized carbons (Fsp3) is 0. The SMILES string of the molecule is c1ccc(-c2ccccc2-c2cccc3oc4ccc(N(c5ccccc5)c5ccc(-c6ccc7ccccc7c6)cc5)cc4c23)cc1. The maximum Gasteiger partial charge on any atom is 0.136 e. The number of hydrogen-bond acceptors (Lipinski definition) is 2. The monoisotopic (exact) mass is 613 g/mol. The fourth-order valence-electron chi connectivity index (χ4n) is 6.96. The molecule has 0 aliphatic carbocycles. The molecule has 0 aliphatic rings. The average molecular weight is 614 g/mol. The molecule has 0 amide bonds. The summed E-state index contributed by atoms with van der Waals surface area (Å²) in [6.07, 6.45) is 0. The first-order valence-corrected chi connectivity index (χ1v) is 16.3. The highest BCUT2D eigenvalue weighted by Gasteiger charge is 2.19. The molecule has 8 aromatic carbocycles. The van der Waals surface area contributed by atoms with Crippen LogP contribution in [0.1, 0.15) is 0 Å². The Hall–Kier alpha value is -6.38. The summed E-state index contributed by atoms with van der Waals surface area (Å²) < 4.78 is 6.48. The molecule has 0 unspecified atom stereocenters. The van der Waals surface area contributed by atoms with E-state index in [9.17, 15) is 0 Å². The molecular weight excluding hydrogens is 583 g/mol. The van der Waals surface area contributed by atoms with E-state index in [0.717, 1.165) is 44.6 Å². The lowest BCUT2D eigenvalue weighted by atomic mass is 9.92. The number of rotatable bonds is 6. The average Bonchev–Trinajstić information content (AvgIpc) is 3.54. The predicted molar refractivity (Wildman–Crippen MR) is 202 cm³/mol. The Morgan fingerprint density at radius 1 is 0.333 bits per heavy atom. The molecule has 9 rings (SSSR count). The Kier molecular flexibility index (Phi) is 6.84. The number of hydrogen-bond donors (Lipinski definition) is 0. The quantitative estimate of drug-likeness (QED) is 0.185. The van der Waals surface area contributed by atoms with Crippen LogP contribution in [0.15, 0.2) is 192 Å². The number of nitrogens with zero attached hydrogens (tertiary/aromatic N) is 1. The smallest absolute Gasteiger partial charge is 0.136 e. The Morgan fingerprint density at radius 3 is 1.77 bits per heavy atom. The normalized spacial score (nSPS) is 11.3. The second-order valence-corrected chi connectivity index (χ2v) is 12.2. The van der Waals surface area contributed by atoms with Crippen LogP contribution in [0.4, 0.5) is 17.1 Å². The van der Waals surface area contributed by atoms with E-state index < -0.39 is 0 Å². The molecule has 0 fully saturated rings. The lowest BCUT2D eigenvalue weighted by Crippen LogP contribution is -2.09. The summed E-state index contributed by atoms with van der Waals surface area (Å²) in [6.45, 7) is 0. The van der Waals surface area contributed by atoms with Crippen molar-refractivity contribution >= 4 is 49.8 Å². The van der Waals surface area contributed by atoms with Gasteiger partial charge in [0, 0.05) is 27.8 Å². The Morgan fingerprint density at radius 2 is 0.958 bits per heavy atom. The van der Waals surface area contributed by atoms with Crippen LogP contribution in [0.5, 0.6) is 0 Å². The zero-order valence-electron chi connectivity index (χ0n) is 26.3. The van der Waals surface area contributed by atoms with Crippen LogP contribution in [0, 0.1) is 0 Å². The summed E-state index contributed by atoms with van der Waals surface area (Å²) in [6, 6.07) is 66.8. The number of benzene rings is 8. The minimum absolute atomic E-state index is 0.873. The van der Waals surface area contributed by atoms with Crippen molar-refractivity contribution in [1.82, 2.24) is 0 Å². The molecule has 1 aromatic heterocycles. The van der Waals surface area contributed by atoms with Crippen LogP contribution in [-0.2, 0) is 0 Å². The molecule has 0 saturated heterocycles. The van der Waals surface area contributed by atoms with E-state index in [-0.39, 0.29) is 0 Å². The van der Waals surface area contributed by atoms with Gasteiger partial charge in [0.05, 0.1) is 0 Å². The standard InChI is InChI=1S/C46H31NO/c1-3-13-34(14-4-1)40-18-9-10-19-41(40)42-20-11-21-45-46(42)43-31-39(28-29-44(43)48-45)47(37-16-5-2-6-17-37)38-26-24-33(25-27-38)36-23-22-32-12-7-8-15-35(32)30-36/h1-31H. The van der Waals surface area contributed by atoms with Gasteiger partial charge in [0.2, 0.25) is 0 Å². The minimum Gasteiger partial charge on any atom is -0.456 e. The third-order valence-electron chi connectivity index (χ3n) is 9.26. The van der Waals surface area contributed by atoms with Crippen molar-refractivity contribution in [2.24, 2.45) is 0 Å². The molecule has 2 heteroatoms. The zero-order valence-corrected chi connectivity index (χ0v) is 26.3. The highest BCUT2D eigenvalue weighted by atomic mass is 16.3. The van der Waals surface area contributed by atoms with Gasteiger partial charge in [0.25, 0.3) is 0 Å². The third kappa shape index (κ3) is 4.92. The summed E-state index contributed by atoms with van der Waals surface area (Å²) in [5, 5.41) is 4.71. The summed E-state index contributed by atoms with van der Waals surface area (Å²) in [5.74, 6) is 0. The van der Waals surface area contributed by atoms with Gasteiger partial charge in [-0.25, -0.2) is 0 Å². The van der Waals surface area contributed by atoms with Gasteiger partial charge in [-0.3, -0.25) is 0 Å². The Balaban J connectivity index is 1.18. The maximum absolute atomic E-state index is 6.48. The van der Waals surface area contributed by atoms with Crippen molar-refractivity contribution in [3.8, 4) is 33.4 Å². The van der Waals surface area contributed by atoms with Gasteiger partial charge in [-0.15, -0.1) is 0 Å². The summed E-state index contributed by atoms with van der Waals surface area (Å²) in [7, 11) is 0. The molecule has 0 radical (unpaired) electrons. The molecule has 0 saturated carbocycles. The molecule has 48 heavy (non-hydrogen) atoms. The number of furan rings is 1. The molecule has 0 spiro atoms. The van der Waals surface area contributed by atoms with E-state index in [2.05, 4.69) is 193 Å². The number of anilines is 3.